The van der Waals surface area contributed by atoms with E-state index < -0.39 is 0 Å². The van der Waals surface area contributed by atoms with Gasteiger partial charge in [-0.15, -0.1) is 0 Å². The quantitative estimate of drug-likeness (QED) is 0.659. The molecule has 74 valence electrons. The Morgan fingerprint density at radius 1 is 1.00 bits per heavy atom. The van der Waals surface area contributed by atoms with Crippen LogP contribution in [0.3, 0.4) is 0 Å². The van der Waals surface area contributed by atoms with Crippen LogP contribution in [0.5, 0.6) is 0 Å². The fourth-order valence-corrected chi connectivity index (χ4v) is 1.56. The number of benzene rings is 1. The Labute approximate surface area is 85.0 Å². The third-order valence-corrected chi connectivity index (χ3v) is 2.50. The molecular weight excluding hydrogens is 172 g/mol. The average molecular weight is 188 g/mol. The summed E-state index contributed by atoms with van der Waals surface area (Å²) >= 11 is 0. The van der Waals surface area contributed by atoms with Crippen LogP contribution in [0, 0.1) is 6.92 Å². The van der Waals surface area contributed by atoms with E-state index in [4.69, 9.17) is 0 Å². The summed E-state index contributed by atoms with van der Waals surface area (Å²) in [5.41, 5.74) is 9.07. The standard InChI is InChI=1S/C12H16N2/c1-9-3-6-11(7-4-9)12-8-5-10(2)13-14-12/h3-8,10,12-14H,1-2H3. The average Bonchev–Trinajstić information content (AvgIpc) is 2.21. The van der Waals surface area contributed by atoms with Crippen molar-refractivity contribution in [2.75, 3.05) is 0 Å². The van der Waals surface area contributed by atoms with E-state index in [1.165, 1.54) is 11.1 Å². The molecule has 0 aliphatic carbocycles. The maximum Gasteiger partial charge on any atom is 0.0643 e. The summed E-state index contributed by atoms with van der Waals surface area (Å²) in [6.45, 7) is 4.23. The Kier molecular flexibility index (Phi) is 2.66. The highest BCUT2D eigenvalue weighted by atomic mass is 15.4. The van der Waals surface area contributed by atoms with E-state index in [0.29, 0.717) is 12.1 Å². The lowest BCUT2D eigenvalue weighted by Gasteiger charge is -2.23. The zero-order valence-corrected chi connectivity index (χ0v) is 8.62. The van der Waals surface area contributed by atoms with Gasteiger partial charge < -0.3 is 0 Å². The number of nitrogens with one attached hydrogen (secondary N) is 2. The molecule has 0 spiro atoms. The van der Waals surface area contributed by atoms with Crippen molar-refractivity contribution in [1.29, 1.82) is 0 Å². The normalized spacial score (nSPS) is 26.4. The number of hydrogen-bond donors (Lipinski definition) is 2. The molecular formula is C12H16N2. The molecule has 0 radical (unpaired) electrons. The second-order valence-corrected chi connectivity index (χ2v) is 3.85. The lowest BCUT2D eigenvalue weighted by Crippen LogP contribution is -2.43. The second-order valence-electron chi connectivity index (χ2n) is 3.85. The van der Waals surface area contributed by atoms with E-state index in [1.54, 1.807) is 0 Å². The molecule has 14 heavy (non-hydrogen) atoms. The van der Waals surface area contributed by atoms with Gasteiger partial charge in [-0.2, -0.15) is 0 Å². The van der Waals surface area contributed by atoms with Crippen LogP contribution in [0.4, 0.5) is 0 Å². The third-order valence-electron chi connectivity index (χ3n) is 2.50. The first kappa shape index (κ1) is 9.44. The summed E-state index contributed by atoms with van der Waals surface area (Å²) in [5.74, 6) is 0. The molecule has 0 saturated carbocycles. The lowest BCUT2D eigenvalue weighted by molar-refractivity contribution is 0.438. The first-order chi connectivity index (χ1) is 6.75. The minimum Gasteiger partial charge on any atom is -0.250 e. The van der Waals surface area contributed by atoms with Crippen LogP contribution in [0.15, 0.2) is 36.4 Å². The number of aryl methyl sites for hydroxylation is 1. The van der Waals surface area contributed by atoms with Gasteiger partial charge >= 0.3 is 0 Å². The molecule has 2 N–H and O–H groups in total. The van der Waals surface area contributed by atoms with Crippen molar-refractivity contribution >= 4 is 0 Å². The Balaban J connectivity index is 2.16. The molecule has 2 atom stereocenters. The van der Waals surface area contributed by atoms with Crippen LogP contribution in [-0.4, -0.2) is 6.04 Å². The largest absolute Gasteiger partial charge is 0.250 e. The Morgan fingerprint density at radius 2 is 1.71 bits per heavy atom. The summed E-state index contributed by atoms with van der Waals surface area (Å²) in [5, 5.41) is 0. The van der Waals surface area contributed by atoms with Crippen molar-refractivity contribution in [3.05, 3.63) is 47.5 Å². The van der Waals surface area contributed by atoms with Crippen molar-refractivity contribution in [3.8, 4) is 0 Å². The van der Waals surface area contributed by atoms with Crippen LogP contribution in [0.2, 0.25) is 0 Å². The van der Waals surface area contributed by atoms with Crippen molar-refractivity contribution in [3.63, 3.8) is 0 Å². The molecule has 1 heterocycles. The molecule has 0 saturated heterocycles. The minimum atomic E-state index is 0.298. The third kappa shape index (κ3) is 2.03. The summed E-state index contributed by atoms with van der Waals surface area (Å²) in [7, 11) is 0. The summed E-state index contributed by atoms with van der Waals surface area (Å²) in [6.07, 6.45) is 4.38. The monoisotopic (exact) mass is 188 g/mol. The van der Waals surface area contributed by atoms with Gasteiger partial charge in [-0.3, -0.25) is 5.43 Å². The first-order valence-electron chi connectivity index (χ1n) is 5.01. The van der Waals surface area contributed by atoms with Crippen LogP contribution in [0.25, 0.3) is 0 Å². The van der Waals surface area contributed by atoms with Crippen molar-refractivity contribution < 1.29 is 0 Å². The topological polar surface area (TPSA) is 24.1 Å². The molecule has 0 amide bonds. The maximum atomic E-state index is 3.27. The highest BCUT2D eigenvalue weighted by Gasteiger charge is 2.11. The first-order valence-corrected chi connectivity index (χ1v) is 5.01. The summed E-state index contributed by atoms with van der Waals surface area (Å²) in [4.78, 5) is 0. The van der Waals surface area contributed by atoms with Gasteiger partial charge in [0.1, 0.15) is 0 Å². The zero-order valence-electron chi connectivity index (χ0n) is 8.62. The fraction of sp³-hybridized carbons (Fsp3) is 0.333. The molecule has 0 aromatic heterocycles. The van der Waals surface area contributed by atoms with Crippen molar-refractivity contribution in [1.82, 2.24) is 10.9 Å². The molecule has 1 aromatic rings. The van der Waals surface area contributed by atoms with Crippen molar-refractivity contribution in [2.45, 2.75) is 25.9 Å². The van der Waals surface area contributed by atoms with Gasteiger partial charge in [0, 0.05) is 6.04 Å². The zero-order chi connectivity index (χ0) is 9.97. The molecule has 2 nitrogen and oxygen atoms in total. The van der Waals surface area contributed by atoms with Crippen LogP contribution < -0.4 is 10.9 Å². The number of hydrogen-bond acceptors (Lipinski definition) is 2. The minimum absolute atomic E-state index is 0.298. The molecule has 1 aliphatic heterocycles. The van der Waals surface area contributed by atoms with E-state index >= 15 is 0 Å². The van der Waals surface area contributed by atoms with Gasteiger partial charge in [0.2, 0.25) is 0 Å². The van der Waals surface area contributed by atoms with Gasteiger partial charge in [0.15, 0.2) is 0 Å². The van der Waals surface area contributed by atoms with E-state index in [2.05, 4.69) is 61.1 Å². The Hall–Kier alpha value is -1.12. The molecule has 0 fully saturated rings. The van der Waals surface area contributed by atoms with Gasteiger partial charge in [0.25, 0.3) is 0 Å². The number of hydrazine groups is 1. The molecule has 2 unspecified atom stereocenters. The number of rotatable bonds is 1. The van der Waals surface area contributed by atoms with E-state index in [0.717, 1.165) is 0 Å². The predicted octanol–water partition coefficient (Wildman–Crippen LogP) is 2.09. The van der Waals surface area contributed by atoms with Crippen molar-refractivity contribution in [2.24, 2.45) is 0 Å². The van der Waals surface area contributed by atoms with Crippen LogP contribution in [0.1, 0.15) is 24.1 Å². The second kappa shape index (κ2) is 3.95. The molecule has 2 heteroatoms. The van der Waals surface area contributed by atoms with Gasteiger partial charge in [-0.05, 0) is 19.4 Å². The van der Waals surface area contributed by atoms with E-state index in [-0.39, 0.29) is 0 Å². The van der Waals surface area contributed by atoms with Gasteiger partial charge in [0.05, 0.1) is 6.04 Å². The van der Waals surface area contributed by atoms with Gasteiger partial charge in [-0.25, -0.2) is 5.43 Å². The Morgan fingerprint density at radius 3 is 2.29 bits per heavy atom. The van der Waals surface area contributed by atoms with Crippen LogP contribution >= 0.6 is 0 Å². The lowest BCUT2D eigenvalue weighted by atomic mass is 10.0. The molecule has 0 bridgehead atoms. The van der Waals surface area contributed by atoms with Crippen LogP contribution in [-0.2, 0) is 0 Å². The van der Waals surface area contributed by atoms with Gasteiger partial charge in [-0.1, -0.05) is 42.0 Å². The molecule has 1 aromatic carbocycles. The highest BCUT2D eigenvalue weighted by molar-refractivity contribution is 5.27. The smallest absolute Gasteiger partial charge is 0.0643 e. The predicted molar refractivity (Wildman–Crippen MR) is 58.8 cm³/mol. The van der Waals surface area contributed by atoms with E-state index in [1.807, 2.05) is 0 Å². The highest BCUT2D eigenvalue weighted by Crippen LogP contribution is 2.16. The summed E-state index contributed by atoms with van der Waals surface area (Å²) in [6, 6.07) is 9.32. The Bertz CT molecular complexity index is 327. The molecule has 2 rings (SSSR count). The summed E-state index contributed by atoms with van der Waals surface area (Å²) < 4.78 is 0. The maximum absolute atomic E-state index is 3.27. The SMILES string of the molecule is Cc1ccc(C2C=CC(C)NN2)cc1. The molecule has 1 aliphatic rings. The van der Waals surface area contributed by atoms with E-state index in [9.17, 15) is 0 Å². The fourth-order valence-electron chi connectivity index (χ4n) is 1.56.